The third-order valence-electron chi connectivity index (χ3n) is 3.84. The number of hydrogen-bond donors (Lipinski definition) is 1. The standard InChI is InChI=1S/C18H17NO/c1-11-5-4-6-14(9-11)18-15(10-20)16-12(2)7-8-13(3)17(16)19-18/h4-10,19H,1-3H3. The minimum atomic E-state index is 0.756. The van der Waals surface area contributed by atoms with Gasteiger partial charge in [0.05, 0.1) is 5.69 Å². The van der Waals surface area contributed by atoms with Gasteiger partial charge in [-0.05, 0) is 43.5 Å². The van der Waals surface area contributed by atoms with Crippen molar-refractivity contribution in [2.45, 2.75) is 20.8 Å². The van der Waals surface area contributed by atoms with Crippen LogP contribution in [0.4, 0.5) is 0 Å². The van der Waals surface area contributed by atoms with Gasteiger partial charge in [0, 0.05) is 16.5 Å². The van der Waals surface area contributed by atoms with Gasteiger partial charge in [0.25, 0.3) is 0 Å². The lowest BCUT2D eigenvalue weighted by Crippen LogP contribution is -1.86. The number of carbonyl (C=O) groups excluding carboxylic acids is 1. The van der Waals surface area contributed by atoms with Gasteiger partial charge in [0.2, 0.25) is 0 Å². The molecule has 0 saturated carbocycles. The van der Waals surface area contributed by atoms with Crippen LogP contribution in [0.1, 0.15) is 27.0 Å². The van der Waals surface area contributed by atoms with E-state index >= 15 is 0 Å². The molecule has 3 aromatic rings. The van der Waals surface area contributed by atoms with Crippen LogP contribution in [0, 0.1) is 20.8 Å². The molecule has 0 saturated heterocycles. The average molecular weight is 263 g/mol. The molecule has 2 heteroatoms. The first kappa shape index (κ1) is 12.7. The van der Waals surface area contributed by atoms with Crippen molar-refractivity contribution in [3.63, 3.8) is 0 Å². The molecule has 0 bridgehead atoms. The smallest absolute Gasteiger partial charge is 0.152 e. The van der Waals surface area contributed by atoms with Crippen molar-refractivity contribution < 1.29 is 4.79 Å². The number of benzene rings is 2. The maximum absolute atomic E-state index is 11.6. The zero-order chi connectivity index (χ0) is 14.3. The summed E-state index contributed by atoms with van der Waals surface area (Å²) in [5.41, 5.74) is 7.26. The van der Waals surface area contributed by atoms with E-state index in [4.69, 9.17) is 0 Å². The Morgan fingerprint density at radius 2 is 1.75 bits per heavy atom. The minimum absolute atomic E-state index is 0.756. The summed E-state index contributed by atoms with van der Waals surface area (Å²) in [4.78, 5) is 15.0. The van der Waals surface area contributed by atoms with Crippen LogP contribution in [-0.2, 0) is 0 Å². The minimum Gasteiger partial charge on any atom is -0.354 e. The lowest BCUT2D eigenvalue weighted by molar-refractivity contribution is 0.112. The summed E-state index contributed by atoms with van der Waals surface area (Å²) in [6.45, 7) is 6.17. The zero-order valence-corrected chi connectivity index (χ0v) is 11.9. The van der Waals surface area contributed by atoms with Crippen LogP contribution < -0.4 is 0 Å². The number of rotatable bonds is 2. The van der Waals surface area contributed by atoms with Crippen LogP contribution >= 0.6 is 0 Å². The third kappa shape index (κ3) is 1.85. The van der Waals surface area contributed by atoms with Crippen molar-refractivity contribution in [3.05, 3.63) is 58.7 Å². The first-order valence-corrected chi connectivity index (χ1v) is 6.76. The van der Waals surface area contributed by atoms with E-state index in [0.717, 1.165) is 45.1 Å². The molecule has 0 spiro atoms. The quantitative estimate of drug-likeness (QED) is 0.675. The van der Waals surface area contributed by atoms with Gasteiger partial charge in [0.1, 0.15) is 0 Å². The molecule has 0 atom stereocenters. The summed E-state index contributed by atoms with van der Waals surface area (Å²) >= 11 is 0. The van der Waals surface area contributed by atoms with Crippen molar-refractivity contribution >= 4 is 17.2 Å². The van der Waals surface area contributed by atoms with Crippen molar-refractivity contribution in [2.24, 2.45) is 0 Å². The maximum Gasteiger partial charge on any atom is 0.152 e. The second-order valence-electron chi connectivity index (χ2n) is 5.35. The Morgan fingerprint density at radius 1 is 1.00 bits per heavy atom. The fourth-order valence-electron chi connectivity index (χ4n) is 2.78. The van der Waals surface area contributed by atoms with Crippen LogP contribution in [0.5, 0.6) is 0 Å². The topological polar surface area (TPSA) is 32.9 Å². The lowest BCUT2D eigenvalue weighted by atomic mass is 10.0. The molecule has 100 valence electrons. The van der Waals surface area contributed by atoms with Crippen LogP contribution in [0.3, 0.4) is 0 Å². The summed E-state index contributed by atoms with van der Waals surface area (Å²) in [6.07, 6.45) is 0.961. The Kier molecular flexibility index (Phi) is 2.94. The molecule has 0 aliphatic rings. The van der Waals surface area contributed by atoms with Gasteiger partial charge in [0.15, 0.2) is 6.29 Å². The molecule has 0 aliphatic heterocycles. The fraction of sp³-hybridized carbons (Fsp3) is 0.167. The molecule has 0 amide bonds. The Labute approximate surface area is 118 Å². The molecule has 20 heavy (non-hydrogen) atoms. The second-order valence-corrected chi connectivity index (χ2v) is 5.35. The van der Waals surface area contributed by atoms with Crippen LogP contribution in [0.2, 0.25) is 0 Å². The van der Waals surface area contributed by atoms with Gasteiger partial charge in [-0.1, -0.05) is 35.9 Å². The Balaban J connectivity index is 2.40. The van der Waals surface area contributed by atoms with Gasteiger partial charge in [-0.25, -0.2) is 0 Å². The van der Waals surface area contributed by atoms with Crippen molar-refractivity contribution in [1.82, 2.24) is 4.98 Å². The normalized spacial score (nSPS) is 10.9. The van der Waals surface area contributed by atoms with E-state index in [1.807, 2.05) is 19.1 Å². The summed E-state index contributed by atoms with van der Waals surface area (Å²) in [5, 5.41) is 1.04. The first-order chi connectivity index (χ1) is 9.61. The predicted octanol–water partition coefficient (Wildman–Crippen LogP) is 4.57. The SMILES string of the molecule is Cc1cccc(-c2[nH]c3c(C)ccc(C)c3c2C=O)c1. The highest BCUT2D eigenvalue weighted by Crippen LogP contribution is 2.33. The number of nitrogens with one attached hydrogen (secondary N) is 1. The van der Waals surface area contributed by atoms with E-state index < -0.39 is 0 Å². The molecule has 1 aromatic heterocycles. The molecule has 2 nitrogen and oxygen atoms in total. The highest BCUT2D eigenvalue weighted by atomic mass is 16.1. The third-order valence-corrected chi connectivity index (χ3v) is 3.84. The van der Waals surface area contributed by atoms with Crippen LogP contribution in [0.15, 0.2) is 36.4 Å². The monoisotopic (exact) mass is 263 g/mol. The Bertz CT molecular complexity index is 812. The number of hydrogen-bond acceptors (Lipinski definition) is 1. The molecule has 1 N–H and O–H groups in total. The number of H-pyrrole nitrogens is 1. The van der Waals surface area contributed by atoms with Gasteiger partial charge >= 0.3 is 0 Å². The molecule has 1 heterocycles. The molecular weight excluding hydrogens is 246 g/mol. The van der Waals surface area contributed by atoms with Gasteiger partial charge in [-0.2, -0.15) is 0 Å². The number of carbonyl (C=O) groups is 1. The number of aromatic nitrogens is 1. The number of aromatic amines is 1. The van der Waals surface area contributed by atoms with Gasteiger partial charge < -0.3 is 4.98 Å². The lowest BCUT2D eigenvalue weighted by Gasteiger charge is -2.01. The van der Waals surface area contributed by atoms with Crippen molar-refractivity contribution in [2.75, 3.05) is 0 Å². The van der Waals surface area contributed by atoms with E-state index in [2.05, 4.69) is 43.1 Å². The number of fused-ring (bicyclic) bond motifs is 1. The number of aldehydes is 1. The highest BCUT2D eigenvalue weighted by Gasteiger charge is 2.15. The van der Waals surface area contributed by atoms with Crippen molar-refractivity contribution in [3.8, 4) is 11.3 Å². The summed E-state index contributed by atoms with van der Waals surface area (Å²) < 4.78 is 0. The highest BCUT2D eigenvalue weighted by molar-refractivity contribution is 6.06. The Morgan fingerprint density at radius 3 is 2.45 bits per heavy atom. The van der Waals surface area contributed by atoms with E-state index in [0.29, 0.717) is 0 Å². The fourth-order valence-corrected chi connectivity index (χ4v) is 2.78. The predicted molar refractivity (Wildman–Crippen MR) is 83.3 cm³/mol. The largest absolute Gasteiger partial charge is 0.354 e. The van der Waals surface area contributed by atoms with Gasteiger partial charge in [-0.3, -0.25) is 4.79 Å². The summed E-state index contributed by atoms with van der Waals surface area (Å²) in [7, 11) is 0. The molecule has 2 aromatic carbocycles. The van der Waals surface area contributed by atoms with E-state index in [1.165, 1.54) is 5.56 Å². The summed E-state index contributed by atoms with van der Waals surface area (Å²) in [5.74, 6) is 0. The van der Waals surface area contributed by atoms with Crippen LogP contribution in [0.25, 0.3) is 22.2 Å². The van der Waals surface area contributed by atoms with Crippen molar-refractivity contribution in [1.29, 1.82) is 0 Å². The maximum atomic E-state index is 11.6. The molecule has 3 rings (SSSR count). The zero-order valence-electron chi connectivity index (χ0n) is 11.9. The van der Waals surface area contributed by atoms with E-state index in [9.17, 15) is 4.79 Å². The number of aryl methyl sites for hydroxylation is 3. The molecule has 0 fully saturated rings. The second kappa shape index (κ2) is 4.64. The van der Waals surface area contributed by atoms with Gasteiger partial charge in [-0.15, -0.1) is 0 Å². The van der Waals surface area contributed by atoms with E-state index in [1.54, 1.807) is 0 Å². The first-order valence-electron chi connectivity index (χ1n) is 6.76. The molecule has 0 unspecified atom stereocenters. The molecule has 0 aliphatic carbocycles. The summed E-state index contributed by atoms with van der Waals surface area (Å²) in [6, 6.07) is 12.4. The molecule has 0 radical (unpaired) electrons. The Hall–Kier alpha value is -2.35. The molecular formula is C18H17NO. The van der Waals surface area contributed by atoms with E-state index in [-0.39, 0.29) is 0 Å². The van der Waals surface area contributed by atoms with Crippen LogP contribution in [-0.4, -0.2) is 11.3 Å². The average Bonchev–Trinajstić information content (AvgIpc) is 2.83.